The molecule has 8 heteroatoms. The molecule has 4 heterocycles. The van der Waals surface area contributed by atoms with Crippen molar-refractivity contribution in [3.63, 3.8) is 0 Å². The van der Waals surface area contributed by atoms with Crippen LogP contribution in [0.3, 0.4) is 0 Å². The first-order chi connectivity index (χ1) is 14.0. The van der Waals surface area contributed by atoms with E-state index >= 15 is 0 Å². The largest absolute Gasteiger partial charge is 0.336 e. The van der Waals surface area contributed by atoms with Crippen LogP contribution >= 0.6 is 0 Å². The molecule has 29 heavy (non-hydrogen) atoms. The Hall–Kier alpha value is -3.55. The lowest BCUT2D eigenvalue weighted by Crippen LogP contribution is -2.27. The lowest BCUT2D eigenvalue weighted by Gasteiger charge is -2.17. The molecule has 0 saturated carbocycles. The number of nitrogens with one attached hydrogen (secondary N) is 1. The van der Waals surface area contributed by atoms with Gasteiger partial charge in [-0.05, 0) is 36.1 Å². The maximum Gasteiger partial charge on any atom is 0.274 e. The van der Waals surface area contributed by atoms with Crippen LogP contribution in [-0.4, -0.2) is 47.6 Å². The maximum atomic E-state index is 13.2. The maximum absolute atomic E-state index is 13.2. The minimum atomic E-state index is -0.126. The summed E-state index contributed by atoms with van der Waals surface area (Å²) in [6, 6.07) is 5.85. The minimum Gasteiger partial charge on any atom is -0.336 e. The van der Waals surface area contributed by atoms with Crippen LogP contribution in [0.2, 0.25) is 0 Å². The van der Waals surface area contributed by atoms with Crippen molar-refractivity contribution in [2.24, 2.45) is 0 Å². The average molecular weight is 389 g/mol. The molecule has 0 fully saturated rings. The Bertz CT molecular complexity index is 1160. The van der Waals surface area contributed by atoms with Gasteiger partial charge in [-0.3, -0.25) is 14.9 Å². The van der Waals surface area contributed by atoms with Crippen molar-refractivity contribution in [2.45, 2.75) is 33.2 Å². The van der Waals surface area contributed by atoms with E-state index in [-0.39, 0.29) is 11.8 Å². The van der Waals surface area contributed by atoms with E-state index < -0.39 is 0 Å². The Morgan fingerprint density at radius 3 is 2.90 bits per heavy atom. The molecular weight excluding hydrogens is 366 g/mol. The average Bonchev–Trinajstić information content (AvgIpc) is 3.35. The molecule has 0 aliphatic carbocycles. The van der Waals surface area contributed by atoms with E-state index in [4.69, 9.17) is 0 Å². The summed E-state index contributed by atoms with van der Waals surface area (Å²) in [5.74, 6) is -0.0140. The number of hydrogen-bond acceptors (Lipinski definition) is 5. The second-order valence-electron chi connectivity index (χ2n) is 7.48. The number of rotatable bonds is 5. The van der Waals surface area contributed by atoms with Crippen LogP contribution in [0, 0.1) is 6.92 Å². The van der Waals surface area contributed by atoms with Crippen molar-refractivity contribution in [3.8, 4) is 11.3 Å². The van der Waals surface area contributed by atoms with Crippen LogP contribution in [0.1, 0.15) is 46.9 Å². The number of pyridine rings is 2. The number of amides is 1. The number of aromatic amines is 1. The number of fused-ring (bicyclic) bond motifs is 1. The summed E-state index contributed by atoms with van der Waals surface area (Å²) in [6.45, 7) is 6.59. The lowest BCUT2D eigenvalue weighted by molar-refractivity contribution is 0.0777. The first-order valence-electron chi connectivity index (χ1n) is 9.48. The first-order valence-corrected chi connectivity index (χ1v) is 9.48. The SMILES string of the molecule is Cc1cc(-c2[nH]nc(C(=O)N(C)Cc3cccnc3)c2C(C)C)cn2ncnc12. The van der Waals surface area contributed by atoms with E-state index in [9.17, 15) is 4.79 Å². The van der Waals surface area contributed by atoms with Gasteiger partial charge >= 0.3 is 0 Å². The van der Waals surface area contributed by atoms with Crippen LogP contribution in [0.4, 0.5) is 0 Å². The van der Waals surface area contributed by atoms with Gasteiger partial charge in [0.15, 0.2) is 11.3 Å². The zero-order valence-electron chi connectivity index (χ0n) is 16.9. The second kappa shape index (κ2) is 7.46. The van der Waals surface area contributed by atoms with Gasteiger partial charge in [0.05, 0.1) is 5.69 Å². The minimum absolute atomic E-state index is 0.112. The summed E-state index contributed by atoms with van der Waals surface area (Å²) in [5, 5.41) is 11.7. The number of carbonyl (C=O) groups excluding carboxylic acids is 1. The molecule has 0 saturated heterocycles. The predicted octanol–water partition coefficient (Wildman–Crippen LogP) is 3.22. The number of aromatic nitrogens is 6. The molecular formula is C21H23N7O. The zero-order chi connectivity index (χ0) is 20.5. The van der Waals surface area contributed by atoms with Gasteiger partial charge in [-0.15, -0.1) is 0 Å². The molecule has 0 spiro atoms. The van der Waals surface area contributed by atoms with Gasteiger partial charge in [0.1, 0.15) is 6.33 Å². The molecule has 4 aromatic heterocycles. The van der Waals surface area contributed by atoms with Crippen LogP contribution in [-0.2, 0) is 6.54 Å². The molecule has 1 N–H and O–H groups in total. The van der Waals surface area contributed by atoms with Crippen LogP contribution in [0.25, 0.3) is 16.9 Å². The van der Waals surface area contributed by atoms with Gasteiger partial charge in [0.25, 0.3) is 5.91 Å². The zero-order valence-corrected chi connectivity index (χ0v) is 16.9. The molecule has 1 amide bonds. The highest BCUT2D eigenvalue weighted by atomic mass is 16.2. The van der Waals surface area contributed by atoms with E-state index in [2.05, 4.69) is 39.1 Å². The van der Waals surface area contributed by atoms with Gasteiger partial charge in [-0.25, -0.2) is 9.50 Å². The van der Waals surface area contributed by atoms with Crippen molar-refractivity contribution >= 4 is 11.6 Å². The van der Waals surface area contributed by atoms with Gasteiger partial charge in [-0.1, -0.05) is 19.9 Å². The molecule has 0 unspecified atom stereocenters. The van der Waals surface area contributed by atoms with E-state index in [1.807, 2.05) is 31.3 Å². The highest BCUT2D eigenvalue weighted by Gasteiger charge is 2.25. The van der Waals surface area contributed by atoms with Crippen molar-refractivity contribution in [3.05, 3.63) is 65.5 Å². The molecule has 0 aromatic carbocycles. The molecule has 0 aliphatic rings. The molecule has 148 valence electrons. The summed E-state index contributed by atoms with van der Waals surface area (Å²) in [7, 11) is 1.78. The van der Waals surface area contributed by atoms with Crippen LogP contribution in [0.5, 0.6) is 0 Å². The first kappa shape index (κ1) is 18.8. The molecule has 0 bridgehead atoms. The van der Waals surface area contributed by atoms with E-state index in [1.165, 1.54) is 6.33 Å². The summed E-state index contributed by atoms with van der Waals surface area (Å²) in [4.78, 5) is 23.2. The Kier molecular flexibility index (Phi) is 4.84. The molecule has 8 nitrogen and oxygen atoms in total. The number of hydrogen-bond donors (Lipinski definition) is 1. The quantitative estimate of drug-likeness (QED) is 0.566. The predicted molar refractivity (Wildman–Crippen MR) is 109 cm³/mol. The lowest BCUT2D eigenvalue weighted by atomic mass is 9.96. The number of H-pyrrole nitrogens is 1. The molecule has 0 radical (unpaired) electrons. The third-order valence-corrected chi connectivity index (χ3v) is 4.92. The summed E-state index contributed by atoms with van der Waals surface area (Å²) >= 11 is 0. The third kappa shape index (κ3) is 3.49. The Balaban J connectivity index is 1.71. The highest BCUT2D eigenvalue weighted by Crippen LogP contribution is 2.31. The standard InChI is InChI=1S/C21H23N7O/c1-13(2)17-18(16-8-14(3)20-23-12-24-28(20)11-16)25-26-19(17)21(29)27(4)10-15-6-5-7-22-9-15/h5-9,11-13H,10H2,1-4H3,(H,25,26). The fourth-order valence-corrected chi connectivity index (χ4v) is 3.54. The van der Waals surface area contributed by atoms with E-state index in [0.717, 1.165) is 33.6 Å². The number of aryl methyl sites for hydroxylation is 1. The van der Waals surface area contributed by atoms with Crippen molar-refractivity contribution in [1.82, 2.24) is 34.7 Å². The smallest absolute Gasteiger partial charge is 0.274 e. The van der Waals surface area contributed by atoms with Crippen molar-refractivity contribution < 1.29 is 4.79 Å². The number of nitrogens with zero attached hydrogens (tertiary/aromatic N) is 6. The second-order valence-corrected chi connectivity index (χ2v) is 7.48. The van der Waals surface area contributed by atoms with Crippen LogP contribution in [0.15, 0.2) is 43.1 Å². The third-order valence-electron chi connectivity index (χ3n) is 4.92. The fourth-order valence-electron chi connectivity index (χ4n) is 3.54. The molecule has 4 rings (SSSR count). The topological polar surface area (TPSA) is 92.1 Å². The Labute approximate surface area is 168 Å². The van der Waals surface area contributed by atoms with Gasteiger partial charge in [0.2, 0.25) is 0 Å². The summed E-state index contributed by atoms with van der Waals surface area (Å²) in [6.07, 6.45) is 6.92. The van der Waals surface area contributed by atoms with Crippen molar-refractivity contribution in [2.75, 3.05) is 7.05 Å². The molecule has 0 aliphatic heterocycles. The summed E-state index contributed by atoms with van der Waals surface area (Å²) in [5.41, 5.74) is 5.88. The highest BCUT2D eigenvalue weighted by molar-refractivity contribution is 5.95. The Morgan fingerprint density at radius 1 is 1.34 bits per heavy atom. The fraction of sp³-hybridized carbons (Fsp3) is 0.286. The van der Waals surface area contributed by atoms with Crippen molar-refractivity contribution in [1.29, 1.82) is 0 Å². The summed E-state index contributed by atoms with van der Waals surface area (Å²) < 4.78 is 1.74. The molecule has 0 atom stereocenters. The van der Waals surface area contributed by atoms with Gasteiger partial charge in [-0.2, -0.15) is 10.2 Å². The van der Waals surface area contributed by atoms with Gasteiger partial charge < -0.3 is 4.90 Å². The number of carbonyl (C=O) groups is 1. The van der Waals surface area contributed by atoms with E-state index in [1.54, 1.807) is 28.9 Å². The van der Waals surface area contributed by atoms with E-state index in [0.29, 0.717) is 12.2 Å². The monoisotopic (exact) mass is 389 g/mol. The Morgan fingerprint density at radius 2 is 2.17 bits per heavy atom. The van der Waals surface area contributed by atoms with Gasteiger partial charge in [0, 0.05) is 43.3 Å². The van der Waals surface area contributed by atoms with Crippen LogP contribution < -0.4 is 0 Å². The normalized spacial score (nSPS) is 11.3. The molecule has 4 aromatic rings.